The molecule has 0 radical (unpaired) electrons. The number of aliphatic hydroxyl groups excluding tert-OH is 1. The molecule has 39 heavy (non-hydrogen) atoms. The molecule has 0 aliphatic heterocycles. The molecule has 0 spiro atoms. The average molecular weight is 526 g/mol. The van der Waals surface area contributed by atoms with Crippen molar-refractivity contribution < 1.29 is 20.8 Å². The normalized spacial score (nSPS) is 13.3. The number of para-hydroxylation sites is 1. The number of esters is 1. The summed E-state index contributed by atoms with van der Waals surface area (Å²) in [6, 6.07) is 20.7. The van der Waals surface area contributed by atoms with Gasteiger partial charge in [-0.05, 0) is 56.5 Å². The minimum atomic E-state index is -0.364. The topological polar surface area (TPSA) is 89.4 Å². The van der Waals surface area contributed by atoms with E-state index in [1.807, 2.05) is 54.1 Å². The van der Waals surface area contributed by atoms with Crippen LogP contribution in [0.4, 0.5) is 0 Å². The van der Waals surface area contributed by atoms with Crippen LogP contribution in [0.25, 0.3) is 32.8 Å². The van der Waals surface area contributed by atoms with Crippen molar-refractivity contribution in [3.8, 4) is 16.9 Å². The molecule has 0 atom stereocenters. The number of aromatic nitrogens is 3. The molecule has 6 rings (SSSR count). The van der Waals surface area contributed by atoms with Crippen LogP contribution in [0.1, 0.15) is 61.1 Å². The van der Waals surface area contributed by atoms with Gasteiger partial charge >= 0.3 is 5.97 Å². The zero-order valence-corrected chi connectivity index (χ0v) is 22.4. The van der Waals surface area contributed by atoms with E-state index in [1.165, 1.54) is 0 Å². The van der Waals surface area contributed by atoms with Crippen molar-refractivity contribution in [2.45, 2.75) is 52.2 Å². The fourth-order valence-electron chi connectivity index (χ4n) is 5.59. The van der Waals surface area contributed by atoms with Gasteiger partial charge in [-0.2, -0.15) is 5.10 Å². The van der Waals surface area contributed by atoms with Crippen LogP contribution in [0.5, 0.6) is 5.75 Å². The first-order valence-corrected chi connectivity index (χ1v) is 13.7. The highest BCUT2D eigenvalue weighted by Gasteiger charge is 2.30. The molecule has 1 saturated carbocycles. The molecule has 7 nitrogen and oxygen atoms in total. The van der Waals surface area contributed by atoms with Gasteiger partial charge in [-0.15, -0.1) is 0 Å². The molecule has 2 heterocycles. The van der Waals surface area contributed by atoms with E-state index in [0.29, 0.717) is 37.1 Å². The molecule has 7 heteroatoms. The molecule has 3 aromatic carbocycles. The third kappa shape index (κ3) is 4.68. The summed E-state index contributed by atoms with van der Waals surface area (Å²) >= 11 is 0. The average Bonchev–Trinajstić information content (AvgIpc) is 3.65. The van der Waals surface area contributed by atoms with Crippen molar-refractivity contribution in [3.05, 3.63) is 83.3 Å². The molecular weight excluding hydrogens is 490 g/mol. The van der Waals surface area contributed by atoms with Crippen LogP contribution < -0.4 is 4.74 Å². The van der Waals surface area contributed by atoms with Gasteiger partial charge in [0.15, 0.2) is 0 Å². The monoisotopic (exact) mass is 525 g/mol. The summed E-state index contributed by atoms with van der Waals surface area (Å²) in [6.45, 7) is 4.54. The number of carbonyl (C=O) groups excluding carboxylic acids is 1. The highest BCUT2D eigenvalue weighted by Crippen LogP contribution is 2.41. The highest BCUT2D eigenvalue weighted by atomic mass is 16.5. The Hall–Kier alpha value is -4.10. The summed E-state index contributed by atoms with van der Waals surface area (Å²) < 4.78 is 13.6. The Morgan fingerprint density at radius 2 is 1.87 bits per heavy atom. The molecule has 1 aliphatic rings. The summed E-state index contributed by atoms with van der Waals surface area (Å²) in [6.07, 6.45) is 3.60. The summed E-state index contributed by atoms with van der Waals surface area (Å²) in [5, 5.41) is 18.1. The van der Waals surface area contributed by atoms with Gasteiger partial charge in [0.1, 0.15) is 11.4 Å². The second-order valence-corrected chi connectivity index (χ2v) is 10.1. The number of rotatable bonds is 10. The van der Waals surface area contributed by atoms with Crippen LogP contribution in [-0.4, -0.2) is 39.1 Å². The van der Waals surface area contributed by atoms with Gasteiger partial charge in [0.05, 0.1) is 37.1 Å². The highest BCUT2D eigenvalue weighted by molar-refractivity contribution is 6.04. The number of aliphatic hydroxyl groups is 1. The SMILES string of the molecule is CCOC(=O)c1[nH]c2c(-c3c(CO)nn(C4CC4)c3C)cccc2c1CCCOc1cccc2ccccc12.[HH]. The van der Waals surface area contributed by atoms with Crippen molar-refractivity contribution in [2.75, 3.05) is 13.2 Å². The van der Waals surface area contributed by atoms with E-state index in [1.54, 1.807) is 0 Å². The van der Waals surface area contributed by atoms with E-state index in [4.69, 9.17) is 14.6 Å². The molecule has 202 valence electrons. The number of fused-ring (bicyclic) bond motifs is 2. The first-order chi connectivity index (χ1) is 19.1. The maximum absolute atomic E-state index is 13.0. The number of nitrogens with one attached hydrogen (secondary N) is 1. The lowest BCUT2D eigenvalue weighted by molar-refractivity contribution is 0.0519. The smallest absolute Gasteiger partial charge is 0.355 e. The lowest BCUT2D eigenvalue weighted by Crippen LogP contribution is -2.09. The fraction of sp³-hybridized carbons (Fsp3) is 0.312. The lowest BCUT2D eigenvalue weighted by atomic mass is 9.98. The van der Waals surface area contributed by atoms with Gasteiger partial charge < -0.3 is 19.6 Å². The van der Waals surface area contributed by atoms with Crippen LogP contribution in [-0.2, 0) is 17.8 Å². The number of aromatic amines is 1. The molecule has 0 saturated heterocycles. The van der Waals surface area contributed by atoms with Gasteiger partial charge in [-0.25, -0.2) is 4.79 Å². The summed E-state index contributed by atoms with van der Waals surface area (Å²) in [7, 11) is 0. The van der Waals surface area contributed by atoms with Gasteiger partial charge in [-0.1, -0.05) is 54.6 Å². The van der Waals surface area contributed by atoms with E-state index >= 15 is 0 Å². The van der Waals surface area contributed by atoms with Crippen molar-refractivity contribution in [1.29, 1.82) is 0 Å². The second-order valence-electron chi connectivity index (χ2n) is 10.1. The maximum Gasteiger partial charge on any atom is 0.355 e. The van der Waals surface area contributed by atoms with Crippen LogP contribution >= 0.6 is 0 Å². The van der Waals surface area contributed by atoms with E-state index in [0.717, 1.165) is 69.1 Å². The van der Waals surface area contributed by atoms with Gasteiger partial charge in [0, 0.05) is 29.0 Å². The number of carbonyl (C=O) groups is 1. The zero-order valence-electron chi connectivity index (χ0n) is 22.4. The number of benzene rings is 3. The lowest BCUT2D eigenvalue weighted by Gasteiger charge is -2.10. The minimum Gasteiger partial charge on any atom is -0.493 e. The first-order valence-electron chi connectivity index (χ1n) is 13.7. The van der Waals surface area contributed by atoms with E-state index in [2.05, 4.69) is 30.1 Å². The Morgan fingerprint density at radius 1 is 1.10 bits per heavy atom. The molecule has 0 amide bonds. The van der Waals surface area contributed by atoms with Crippen molar-refractivity contribution in [2.24, 2.45) is 0 Å². The Morgan fingerprint density at radius 3 is 2.67 bits per heavy atom. The predicted molar refractivity (Wildman–Crippen MR) is 154 cm³/mol. The van der Waals surface area contributed by atoms with Gasteiger partial charge in [-0.3, -0.25) is 4.68 Å². The summed E-state index contributed by atoms with van der Waals surface area (Å²) in [5.41, 5.74) is 5.81. The van der Waals surface area contributed by atoms with E-state index < -0.39 is 0 Å². The van der Waals surface area contributed by atoms with Crippen LogP contribution in [0.2, 0.25) is 0 Å². The van der Waals surface area contributed by atoms with Crippen LogP contribution in [0, 0.1) is 6.92 Å². The largest absolute Gasteiger partial charge is 0.493 e. The fourth-order valence-corrected chi connectivity index (χ4v) is 5.59. The van der Waals surface area contributed by atoms with Gasteiger partial charge in [0.25, 0.3) is 0 Å². The quantitative estimate of drug-likeness (QED) is 0.155. The van der Waals surface area contributed by atoms with E-state index in [9.17, 15) is 9.90 Å². The molecular formula is C32H35N3O4. The zero-order chi connectivity index (χ0) is 26.9. The molecule has 1 aliphatic carbocycles. The molecule has 0 unspecified atom stereocenters. The minimum absolute atomic E-state index is 0. The van der Waals surface area contributed by atoms with E-state index in [-0.39, 0.29) is 14.0 Å². The molecule has 5 aromatic rings. The molecule has 2 aromatic heterocycles. The van der Waals surface area contributed by atoms with Crippen LogP contribution in [0.15, 0.2) is 60.7 Å². The Kier molecular flexibility index (Phi) is 6.83. The third-order valence-corrected chi connectivity index (χ3v) is 7.53. The maximum atomic E-state index is 13.0. The van der Waals surface area contributed by atoms with Crippen LogP contribution in [0.3, 0.4) is 0 Å². The number of aryl methyl sites for hydroxylation is 1. The Balaban J connectivity index is 0.00000323. The number of H-pyrrole nitrogens is 1. The number of hydrogen-bond acceptors (Lipinski definition) is 5. The number of ether oxygens (including phenoxy) is 2. The molecule has 0 bridgehead atoms. The van der Waals surface area contributed by atoms with Crippen molar-refractivity contribution >= 4 is 27.6 Å². The standard InChI is InChI=1S/C32H33N3O4.H2/c1-3-38-32(37)31-25(14-8-18-39-28-15-6-10-21-9-4-5-11-23(21)28)24-12-7-13-26(30(24)33-31)29-20(2)35(22-16-17-22)34-27(29)19-36;/h4-7,9-13,15,22,33,36H,3,8,14,16-19H2,1-2H3;1H. The van der Waals surface area contributed by atoms with Crippen molar-refractivity contribution in [1.82, 2.24) is 14.8 Å². The Labute approximate surface area is 228 Å². The number of nitrogens with zero attached hydrogens (tertiary/aromatic N) is 2. The third-order valence-electron chi connectivity index (χ3n) is 7.53. The molecule has 2 N–H and O–H groups in total. The van der Waals surface area contributed by atoms with Gasteiger partial charge in [0.2, 0.25) is 0 Å². The predicted octanol–water partition coefficient (Wildman–Crippen LogP) is 6.75. The number of hydrogen-bond donors (Lipinski definition) is 2. The van der Waals surface area contributed by atoms with Crippen molar-refractivity contribution in [3.63, 3.8) is 0 Å². The second kappa shape index (κ2) is 10.6. The Bertz CT molecular complexity index is 1660. The summed E-state index contributed by atoms with van der Waals surface area (Å²) in [5.74, 6) is 0.497. The summed E-state index contributed by atoms with van der Waals surface area (Å²) in [4.78, 5) is 16.4. The first kappa shape index (κ1) is 25.2. The molecule has 1 fully saturated rings.